The molecule has 0 bridgehead atoms. The largest absolute Gasteiger partial charge is 0.460 e. The van der Waals surface area contributed by atoms with E-state index in [1.165, 1.54) is 0 Å². The van der Waals surface area contributed by atoms with Crippen molar-refractivity contribution in [2.75, 3.05) is 6.61 Å². The van der Waals surface area contributed by atoms with Gasteiger partial charge in [-0.3, -0.25) is 0 Å². The zero-order valence-electron chi connectivity index (χ0n) is 11.0. The van der Waals surface area contributed by atoms with E-state index in [0.29, 0.717) is 23.2 Å². The summed E-state index contributed by atoms with van der Waals surface area (Å²) in [5, 5.41) is 0.631. The highest BCUT2D eigenvalue weighted by molar-refractivity contribution is 6.31. The van der Waals surface area contributed by atoms with Crippen LogP contribution in [-0.4, -0.2) is 17.6 Å². The fraction of sp³-hybridized carbons (Fsp3) is 0.286. The lowest BCUT2D eigenvalue weighted by Gasteiger charge is -2.00. The second kappa shape index (κ2) is 5.45. The van der Waals surface area contributed by atoms with E-state index in [0.717, 1.165) is 11.1 Å². The molecule has 2 aromatic rings. The summed E-state index contributed by atoms with van der Waals surface area (Å²) in [6, 6.07) is 5.49. The van der Waals surface area contributed by atoms with Gasteiger partial charge in [0.05, 0.1) is 12.3 Å². The molecule has 0 aliphatic heterocycles. The molecular weight excluding hydrogens is 266 g/mol. The number of ether oxygens (including phenoxy) is 1. The number of rotatable bonds is 3. The molecule has 1 aromatic heterocycles. The second-order valence-corrected chi connectivity index (χ2v) is 4.53. The van der Waals surface area contributed by atoms with Crippen LogP contribution in [0, 0.1) is 13.8 Å². The molecule has 0 saturated carbocycles. The lowest BCUT2D eigenvalue weighted by atomic mass is 10.1. The maximum Gasteiger partial charge on any atom is 0.376 e. The van der Waals surface area contributed by atoms with E-state index in [9.17, 15) is 4.79 Å². The standard InChI is InChI=1S/C14H14ClNO3/c1-4-18-14(17)12-9(3)16-13(19-12)10-6-5-8(2)11(15)7-10/h5-7H,4H2,1-3H3. The molecule has 1 heterocycles. The Morgan fingerprint density at radius 3 is 2.79 bits per heavy atom. The monoisotopic (exact) mass is 279 g/mol. The second-order valence-electron chi connectivity index (χ2n) is 4.12. The average molecular weight is 280 g/mol. The Morgan fingerprint density at radius 1 is 1.42 bits per heavy atom. The quantitative estimate of drug-likeness (QED) is 0.802. The SMILES string of the molecule is CCOC(=O)c1oc(-c2ccc(C)c(Cl)c2)nc1C. The van der Waals surface area contributed by atoms with Gasteiger partial charge in [0.2, 0.25) is 11.7 Å². The van der Waals surface area contributed by atoms with Gasteiger partial charge in [0.1, 0.15) is 0 Å². The van der Waals surface area contributed by atoms with Crippen molar-refractivity contribution in [3.05, 3.63) is 40.2 Å². The van der Waals surface area contributed by atoms with Crippen LogP contribution in [0.25, 0.3) is 11.5 Å². The van der Waals surface area contributed by atoms with E-state index in [2.05, 4.69) is 4.98 Å². The maximum atomic E-state index is 11.6. The van der Waals surface area contributed by atoms with Gasteiger partial charge in [-0.05, 0) is 38.5 Å². The first-order valence-electron chi connectivity index (χ1n) is 5.94. The van der Waals surface area contributed by atoms with Crippen LogP contribution >= 0.6 is 11.6 Å². The number of nitrogens with zero attached hydrogens (tertiary/aromatic N) is 1. The van der Waals surface area contributed by atoms with Crippen LogP contribution in [0.5, 0.6) is 0 Å². The number of hydrogen-bond donors (Lipinski definition) is 0. The third kappa shape index (κ3) is 2.79. The molecular formula is C14H14ClNO3. The molecule has 0 radical (unpaired) electrons. The van der Waals surface area contributed by atoms with Crippen LogP contribution in [0.3, 0.4) is 0 Å². The number of aryl methyl sites for hydroxylation is 2. The van der Waals surface area contributed by atoms with E-state index in [1.54, 1.807) is 19.9 Å². The Hall–Kier alpha value is -1.81. The van der Waals surface area contributed by atoms with Crippen LogP contribution < -0.4 is 0 Å². The van der Waals surface area contributed by atoms with Crippen LogP contribution in [0.2, 0.25) is 5.02 Å². The van der Waals surface area contributed by atoms with E-state index >= 15 is 0 Å². The molecule has 0 amide bonds. The van der Waals surface area contributed by atoms with Gasteiger partial charge < -0.3 is 9.15 Å². The number of benzene rings is 1. The molecule has 0 aliphatic carbocycles. The van der Waals surface area contributed by atoms with Crippen molar-refractivity contribution in [3.8, 4) is 11.5 Å². The minimum Gasteiger partial charge on any atom is -0.460 e. The van der Waals surface area contributed by atoms with Crippen molar-refractivity contribution in [2.45, 2.75) is 20.8 Å². The first kappa shape index (κ1) is 13.6. The number of oxazole rings is 1. The Morgan fingerprint density at radius 2 is 2.16 bits per heavy atom. The van der Waals surface area contributed by atoms with Gasteiger partial charge in [0.15, 0.2) is 0 Å². The van der Waals surface area contributed by atoms with Gasteiger partial charge in [0, 0.05) is 10.6 Å². The van der Waals surface area contributed by atoms with E-state index in [1.807, 2.05) is 19.1 Å². The third-order valence-corrected chi connectivity index (χ3v) is 3.08. The lowest BCUT2D eigenvalue weighted by molar-refractivity contribution is 0.0490. The van der Waals surface area contributed by atoms with Gasteiger partial charge in [-0.2, -0.15) is 0 Å². The smallest absolute Gasteiger partial charge is 0.376 e. The van der Waals surface area contributed by atoms with Gasteiger partial charge in [-0.25, -0.2) is 9.78 Å². The molecule has 5 heteroatoms. The molecule has 0 atom stereocenters. The van der Waals surface area contributed by atoms with Crippen LogP contribution in [0.4, 0.5) is 0 Å². The number of halogens is 1. The molecule has 0 saturated heterocycles. The van der Waals surface area contributed by atoms with Crippen molar-refractivity contribution >= 4 is 17.6 Å². The van der Waals surface area contributed by atoms with Gasteiger partial charge >= 0.3 is 5.97 Å². The topological polar surface area (TPSA) is 52.3 Å². The highest BCUT2D eigenvalue weighted by Crippen LogP contribution is 2.26. The van der Waals surface area contributed by atoms with Crippen LogP contribution in [0.1, 0.15) is 28.7 Å². The summed E-state index contributed by atoms with van der Waals surface area (Å²) in [7, 11) is 0. The summed E-state index contributed by atoms with van der Waals surface area (Å²) in [5.74, 6) is -0.00652. The van der Waals surface area contributed by atoms with Gasteiger partial charge in [0.25, 0.3) is 0 Å². The Labute approximate surface area is 116 Å². The fourth-order valence-corrected chi connectivity index (χ4v) is 1.81. The predicted molar refractivity (Wildman–Crippen MR) is 72.4 cm³/mol. The summed E-state index contributed by atoms with van der Waals surface area (Å²) >= 11 is 6.06. The first-order valence-corrected chi connectivity index (χ1v) is 6.31. The Balaban J connectivity index is 2.38. The Kier molecular flexibility index (Phi) is 3.90. The van der Waals surface area contributed by atoms with Crippen molar-refractivity contribution in [1.82, 2.24) is 4.98 Å². The van der Waals surface area contributed by atoms with E-state index in [4.69, 9.17) is 20.8 Å². The van der Waals surface area contributed by atoms with Crippen LogP contribution in [0.15, 0.2) is 22.6 Å². The average Bonchev–Trinajstić information content (AvgIpc) is 2.75. The minimum absolute atomic E-state index is 0.133. The highest BCUT2D eigenvalue weighted by Gasteiger charge is 2.19. The summed E-state index contributed by atoms with van der Waals surface area (Å²) in [6.07, 6.45) is 0. The zero-order valence-corrected chi connectivity index (χ0v) is 11.7. The molecule has 19 heavy (non-hydrogen) atoms. The maximum absolute atomic E-state index is 11.6. The number of aromatic nitrogens is 1. The van der Waals surface area contributed by atoms with E-state index in [-0.39, 0.29) is 5.76 Å². The van der Waals surface area contributed by atoms with E-state index < -0.39 is 5.97 Å². The lowest BCUT2D eigenvalue weighted by Crippen LogP contribution is -2.04. The molecule has 0 unspecified atom stereocenters. The molecule has 100 valence electrons. The van der Waals surface area contributed by atoms with Gasteiger partial charge in [-0.1, -0.05) is 17.7 Å². The minimum atomic E-state index is -0.503. The molecule has 4 nitrogen and oxygen atoms in total. The number of carbonyl (C=O) groups excluding carboxylic acids is 1. The van der Waals surface area contributed by atoms with Crippen molar-refractivity contribution < 1.29 is 13.9 Å². The molecule has 0 spiro atoms. The van der Waals surface area contributed by atoms with Crippen molar-refractivity contribution in [3.63, 3.8) is 0 Å². The molecule has 0 fully saturated rings. The normalized spacial score (nSPS) is 10.5. The Bertz CT molecular complexity index is 619. The van der Waals surface area contributed by atoms with Gasteiger partial charge in [-0.15, -0.1) is 0 Å². The van der Waals surface area contributed by atoms with Crippen LogP contribution in [-0.2, 0) is 4.74 Å². The zero-order chi connectivity index (χ0) is 14.0. The summed E-state index contributed by atoms with van der Waals surface area (Å²) in [5.41, 5.74) is 2.21. The molecule has 0 aliphatic rings. The fourth-order valence-electron chi connectivity index (χ4n) is 1.63. The molecule has 1 aromatic carbocycles. The molecule has 0 N–H and O–H groups in total. The summed E-state index contributed by atoms with van der Waals surface area (Å²) < 4.78 is 10.4. The number of hydrogen-bond acceptors (Lipinski definition) is 4. The first-order chi connectivity index (χ1) is 9.02. The molecule has 2 rings (SSSR count). The predicted octanol–water partition coefficient (Wildman–Crippen LogP) is 3.79. The third-order valence-electron chi connectivity index (χ3n) is 2.68. The van der Waals surface area contributed by atoms with Crippen molar-refractivity contribution in [2.24, 2.45) is 0 Å². The summed E-state index contributed by atoms with van der Waals surface area (Å²) in [6.45, 7) is 5.65. The highest BCUT2D eigenvalue weighted by atomic mass is 35.5. The number of esters is 1. The number of carbonyl (C=O) groups is 1. The summed E-state index contributed by atoms with van der Waals surface area (Å²) in [4.78, 5) is 15.9. The van der Waals surface area contributed by atoms with Crippen molar-refractivity contribution in [1.29, 1.82) is 0 Å².